The van der Waals surface area contributed by atoms with Crippen molar-refractivity contribution in [2.24, 2.45) is 0 Å². The van der Waals surface area contributed by atoms with Gasteiger partial charge in [-0.2, -0.15) is 0 Å². The van der Waals surface area contributed by atoms with Gasteiger partial charge in [-0.15, -0.1) is 5.73 Å². The van der Waals surface area contributed by atoms with Gasteiger partial charge in [-0.3, -0.25) is 0 Å². The molecule has 0 spiro atoms. The Labute approximate surface area is 75.8 Å². The lowest BCUT2D eigenvalue weighted by Crippen LogP contribution is -1.96. The molecule has 0 amide bonds. The first-order chi connectivity index (χ1) is 5.79. The van der Waals surface area contributed by atoms with Crippen LogP contribution in [-0.4, -0.2) is 11.3 Å². The van der Waals surface area contributed by atoms with Gasteiger partial charge in [-0.25, -0.2) is 0 Å². The van der Waals surface area contributed by atoms with Gasteiger partial charge in [0.05, 0.1) is 0 Å². The van der Waals surface area contributed by atoms with Crippen molar-refractivity contribution in [2.45, 2.75) is 38.0 Å². The first-order valence-corrected chi connectivity index (χ1v) is 6.19. The van der Waals surface area contributed by atoms with E-state index in [0.29, 0.717) is 0 Å². The maximum atomic E-state index is 3.37. The first-order valence-electron chi connectivity index (χ1n) is 4.71. The number of rotatable bonds is 1. The van der Waals surface area contributed by atoms with Gasteiger partial charge in [-0.05, 0) is 36.3 Å². The fourth-order valence-corrected chi connectivity index (χ4v) is 5.31. The Kier molecular flexibility index (Phi) is 2.22. The van der Waals surface area contributed by atoms with Crippen LogP contribution in [0.15, 0.2) is 29.3 Å². The molecule has 2 aliphatic rings. The topological polar surface area (TPSA) is 0 Å². The second kappa shape index (κ2) is 3.21. The van der Waals surface area contributed by atoms with Crippen LogP contribution in [0, 0.1) is 0 Å². The van der Waals surface area contributed by atoms with Crippen molar-refractivity contribution in [2.75, 3.05) is 0 Å². The Balaban J connectivity index is 2.22. The van der Waals surface area contributed by atoms with Gasteiger partial charge in [0, 0.05) is 5.31 Å². The van der Waals surface area contributed by atoms with E-state index >= 15 is 0 Å². The molecule has 1 aliphatic carbocycles. The van der Waals surface area contributed by atoms with E-state index in [1.807, 2.05) is 0 Å². The first kappa shape index (κ1) is 8.30. The summed E-state index contributed by atoms with van der Waals surface area (Å²) in [6.45, 7) is 4.80. The highest BCUT2D eigenvalue weighted by Crippen LogP contribution is 2.61. The van der Waals surface area contributed by atoms with E-state index < -0.39 is 0 Å². The van der Waals surface area contributed by atoms with Crippen LogP contribution in [0.3, 0.4) is 0 Å². The SMILES string of the molecule is C[C@@H]1CC[C@@H](C)P1C1=C=CC=C1. The van der Waals surface area contributed by atoms with E-state index in [4.69, 9.17) is 0 Å². The zero-order chi connectivity index (χ0) is 8.55. The number of hydrogen-bond donors (Lipinski definition) is 0. The second-order valence-electron chi connectivity index (χ2n) is 3.74. The lowest BCUT2D eigenvalue weighted by molar-refractivity contribution is 0.777. The summed E-state index contributed by atoms with van der Waals surface area (Å²) in [4.78, 5) is 0. The summed E-state index contributed by atoms with van der Waals surface area (Å²) in [5.74, 6) is 0. The molecule has 0 aromatic rings. The zero-order valence-corrected chi connectivity index (χ0v) is 8.64. The van der Waals surface area contributed by atoms with Crippen LogP contribution in [0.1, 0.15) is 26.7 Å². The molecule has 1 heterocycles. The fraction of sp³-hybridized carbons (Fsp3) is 0.545. The predicted molar refractivity (Wildman–Crippen MR) is 55.8 cm³/mol. The minimum absolute atomic E-state index is 0.119. The van der Waals surface area contributed by atoms with Crippen LogP contribution in [0.2, 0.25) is 0 Å². The van der Waals surface area contributed by atoms with Crippen molar-refractivity contribution in [3.05, 3.63) is 29.3 Å². The molecule has 12 heavy (non-hydrogen) atoms. The molecule has 0 saturated carbocycles. The molecule has 64 valence electrons. The second-order valence-corrected chi connectivity index (χ2v) is 6.80. The average Bonchev–Trinajstić information content (AvgIpc) is 2.61. The van der Waals surface area contributed by atoms with Crippen molar-refractivity contribution in [3.63, 3.8) is 0 Å². The molecule has 0 nitrogen and oxygen atoms in total. The molecule has 0 N–H and O–H groups in total. The Hall–Kier alpha value is -0.310. The lowest BCUT2D eigenvalue weighted by atomic mass is 10.2. The summed E-state index contributed by atoms with van der Waals surface area (Å²) >= 11 is 0. The van der Waals surface area contributed by atoms with Gasteiger partial charge in [0.15, 0.2) is 0 Å². The van der Waals surface area contributed by atoms with Crippen LogP contribution in [-0.2, 0) is 0 Å². The third-order valence-corrected chi connectivity index (χ3v) is 6.06. The molecule has 2 rings (SSSR count). The zero-order valence-electron chi connectivity index (χ0n) is 7.75. The van der Waals surface area contributed by atoms with Crippen molar-refractivity contribution in [3.8, 4) is 0 Å². The summed E-state index contributed by atoms with van der Waals surface area (Å²) < 4.78 is 0. The molecule has 1 saturated heterocycles. The van der Waals surface area contributed by atoms with E-state index in [1.54, 1.807) is 0 Å². The van der Waals surface area contributed by atoms with Crippen molar-refractivity contribution in [1.82, 2.24) is 0 Å². The largest absolute Gasteiger partial charge is 0.112 e. The van der Waals surface area contributed by atoms with E-state index in [9.17, 15) is 0 Å². The molecular weight excluding hydrogens is 163 g/mol. The van der Waals surface area contributed by atoms with E-state index in [1.165, 1.54) is 18.2 Å². The number of allylic oxidation sites excluding steroid dienone is 3. The third-order valence-electron chi connectivity index (χ3n) is 2.81. The van der Waals surface area contributed by atoms with E-state index in [0.717, 1.165) is 11.3 Å². The van der Waals surface area contributed by atoms with Crippen molar-refractivity contribution in [1.29, 1.82) is 0 Å². The minimum atomic E-state index is 0.119. The fourth-order valence-electron chi connectivity index (χ4n) is 2.15. The molecule has 0 radical (unpaired) electrons. The van der Waals surface area contributed by atoms with Gasteiger partial charge >= 0.3 is 0 Å². The summed E-state index contributed by atoms with van der Waals surface area (Å²) in [5.41, 5.74) is 5.22. The highest BCUT2D eigenvalue weighted by molar-refractivity contribution is 7.64. The Morgan fingerprint density at radius 3 is 2.50 bits per heavy atom. The lowest BCUT2D eigenvalue weighted by Gasteiger charge is -2.19. The molecule has 1 aliphatic heterocycles. The number of hydrogen-bond acceptors (Lipinski definition) is 0. The maximum absolute atomic E-state index is 3.37. The van der Waals surface area contributed by atoms with E-state index in [2.05, 4.69) is 37.8 Å². The highest BCUT2D eigenvalue weighted by Gasteiger charge is 2.31. The van der Waals surface area contributed by atoms with Crippen LogP contribution in [0.25, 0.3) is 0 Å². The summed E-state index contributed by atoms with van der Waals surface area (Å²) in [6.07, 6.45) is 9.27. The Bertz CT molecular complexity index is 259. The molecule has 0 bridgehead atoms. The third kappa shape index (κ3) is 1.30. The quantitative estimate of drug-likeness (QED) is 0.424. The van der Waals surface area contributed by atoms with Gasteiger partial charge in [0.2, 0.25) is 0 Å². The van der Waals surface area contributed by atoms with E-state index in [-0.39, 0.29) is 7.92 Å². The molecule has 2 atom stereocenters. The molecular formula is C11H15P. The van der Waals surface area contributed by atoms with Crippen LogP contribution < -0.4 is 0 Å². The van der Waals surface area contributed by atoms with Gasteiger partial charge < -0.3 is 0 Å². The van der Waals surface area contributed by atoms with Crippen molar-refractivity contribution < 1.29 is 0 Å². The monoisotopic (exact) mass is 178 g/mol. The van der Waals surface area contributed by atoms with Crippen LogP contribution in [0.5, 0.6) is 0 Å². The van der Waals surface area contributed by atoms with Gasteiger partial charge in [0.1, 0.15) is 0 Å². The van der Waals surface area contributed by atoms with Crippen LogP contribution in [0.4, 0.5) is 0 Å². The predicted octanol–water partition coefficient (Wildman–Crippen LogP) is 3.65. The van der Waals surface area contributed by atoms with Gasteiger partial charge in [-0.1, -0.05) is 27.8 Å². The summed E-state index contributed by atoms with van der Waals surface area (Å²) in [5, 5.41) is 1.50. The Morgan fingerprint density at radius 2 is 2.00 bits per heavy atom. The summed E-state index contributed by atoms with van der Waals surface area (Å²) in [7, 11) is 0.119. The van der Waals surface area contributed by atoms with Gasteiger partial charge in [0.25, 0.3) is 0 Å². The molecule has 0 unspecified atom stereocenters. The van der Waals surface area contributed by atoms with Crippen LogP contribution >= 0.6 is 7.92 Å². The summed E-state index contributed by atoms with van der Waals surface area (Å²) in [6, 6.07) is 0. The smallest absolute Gasteiger partial charge is 0.0179 e. The normalized spacial score (nSPS) is 34.7. The maximum Gasteiger partial charge on any atom is 0.0179 e. The highest BCUT2D eigenvalue weighted by atomic mass is 31.1. The minimum Gasteiger partial charge on any atom is -0.112 e. The molecule has 0 aromatic carbocycles. The molecule has 0 aromatic heterocycles. The molecule has 1 heteroatoms. The standard InChI is InChI=1S/C11H15P/c1-9-7-8-10(2)12(9)11-5-3-4-6-11/h3-5,9-10H,7-8H2,1-2H3/t9-,10-/m1/s1. The average molecular weight is 178 g/mol. The Morgan fingerprint density at radius 1 is 1.33 bits per heavy atom. The van der Waals surface area contributed by atoms with Crippen molar-refractivity contribution >= 4 is 7.92 Å². The molecule has 1 fully saturated rings.